The molecule has 0 bridgehead atoms. The number of para-hydroxylation sites is 1. The number of fused-ring (bicyclic) bond motifs is 1. The molecule has 2 aromatic heterocycles. The number of carbonyl (C=O) groups excluding carboxylic acids is 1. The third-order valence-corrected chi connectivity index (χ3v) is 5.59. The Kier molecular flexibility index (Phi) is 5.15. The fourth-order valence-corrected chi connectivity index (χ4v) is 3.98. The fraction of sp³-hybridized carbons (Fsp3) is 0.364. The molecule has 0 unspecified atom stereocenters. The maximum atomic E-state index is 12.8. The molecule has 7 nitrogen and oxygen atoms in total. The van der Waals surface area contributed by atoms with E-state index in [1.807, 2.05) is 30.3 Å². The molecule has 3 N–H and O–H groups in total. The molecule has 3 aromatic rings. The van der Waals surface area contributed by atoms with Crippen molar-refractivity contribution >= 4 is 16.8 Å². The van der Waals surface area contributed by atoms with E-state index in [0.717, 1.165) is 16.5 Å². The van der Waals surface area contributed by atoms with Gasteiger partial charge in [0, 0.05) is 22.8 Å². The van der Waals surface area contributed by atoms with Gasteiger partial charge in [-0.2, -0.15) is 0 Å². The standard InChI is InChI=1S/C22H24N4O3/c1-12-18(22(29)25-13(2)24-12)10-20(28)26-21(15-8-17(27)9-15)16-7-14-5-3-4-6-19(14)23-11-16/h3-7,11,15,17,21,27H,8-10H2,1-2H3,(H,26,28)(H,24,25,29)/t15?,17?,21-/m0/s1. The molecule has 4 rings (SSSR count). The summed E-state index contributed by atoms with van der Waals surface area (Å²) < 4.78 is 0. The molecular weight excluding hydrogens is 368 g/mol. The average molecular weight is 392 g/mol. The van der Waals surface area contributed by atoms with Gasteiger partial charge in [0.1, 0.15) is 5.82 Å². The Hall–Kier alpha value is -3.06. The third-order valence-electron chi connectivity index (χ3n) is 5.59. The van der Waals surface area contributed by atoms with Gasteiger partial charge in [-0.05, 0) is 50.3 Å². The van der Waals surface area contributed by atoms with Gasteiger partial charge in [-0.3, -0.25) is 14.6 Å². The van der Waals surface area contributed by atoms with Gasteiger partial charge >= 0.3 is 0 Å². The number of hydrogen-bond acceptors (Lipinski definition) is 5. The zero-order valence-electron chi connectivity index (χ0n) is 16.5. The number of aromatic amines is 1. The monoisotopic (exact) mass is 392 g/mol. The van der Waals surface area contributed by atoms with Crippen LogP contribution in [0.25, 0.3) is 10.9 Å². The van der Waals surface area contributed by atoms with Crippen molar-refractivity contribution in [3.8, 4) is 0 Å². The average Bonchev–Trinajstić information content (AvgIpc) is 2.66. The van der Waals surface area contributed by atoms with E-state index in [4.69, 9.17) is 0 Å². The van der Waals surface area contributed by atoms with Crippen LogP contribution in [-0.2, 0) is 11.2 Å². The Bertz CT molecular complexity index is 1120. The first kappa shape index (κ1) is 19.3. The highest BCUT2D eigenvalue weighted by molar-refractivity contribution is 5.81. The highest BCUT2D eigenvalue weighted by Gasteiger charge is 2.36. The first-order chi connectivity index (χ1) is 13.9. The fourth-order valence-electron chi connectivity index (χ4n) is 3.98. The van der Waals surface area contributed by atoms with E-state index in [1.54, 1.807) is 20.0 Å². The van der Waals surface area contributed by atoms with Crippen LogP contribution >= 0.6 is 0 Å². The van der Waals surface area contributed by atoms with Crippen LogP contribution in [0.1, 0.15) is 41.5 Å². The normalized spacial score (nSPS) is 19.6. The minimum atomic E-state index is -0.334. The summed E-state index contributed by atoms with van der Waals surface area (Å²) in [5.41, 5.74) is 2.44. The predicted octanol–water partition coefficient (Wildman–Crippen LogP) is 2.11. The molecule has 1 aliphatic carbocycles. The maximum Gasteiger partial charge on any atom is 0.254 e. The van der Waals surface area contributed by atoms with Crippen LogP contribution in [0.5, 0.6) is 0 Å². The summed E-state index contributed by atoms with van der Waals surface area (Å²) in [6.45, 7) is 3.45. The lowest BCUT2D eigenvalue weighted by Crippen LogP contribution is -2.42. The van der Waals surface area contributed by atoms with Gasteiger partial charge in [-0.25, -0.2) is 4.98 Å². The van der Waals surface area contributed by atoms with Crippen molar-refractivity contribution in [3.63, 3.8) is 0 Å². The number of amides is 1. The number of nitrogens with one attached hydrogen (secondary N) is 2. The van der Waals surface area contributed by atoms with Gasteiger partial charge in [0.15, 0.2) is 0 Å². The number of nitrogens with zero attached hydrogens (tertiary/aromatic N) is 2. The van der Waals surface area contributed by atoms with Gasteiger partial charge < -0.3 is 15.4 Å². The quantitative estimate of drug-likeness (QED) is 0.616. The molecule has 1 saturated carbocycles. The molecule has 1 aliphatic rings. The largest absolute Gasteiger partial charge is 0.393 e. The summed E-state index contributed by atoms with van der Waals surface area (Å²) in [6, 6.07) is 9.59. The van der Waals surface area contributed by atoms with Crippen LogP contribution in [0.3, 0.4) is 0 Å². The third kappa shape index (κ3) is 4.05. The van der Waals surface area contributed by atoms with E-state index >= 15 is 0 Å². The van der Waals surface area contributed by atoms with Crippen molar-refractivity contribution in [2.24, 2.45) is 5.92 Å². The second kappa shape index (κ2) is 7.75. The highest BCUT2D eigenvalue weighted by atomic mass is 16.3. The van der Waals surface area contributed by atoms with E-state index in [9.17, 15) is 14.7 Å². The van der Waals surface area contributed by atoms with Crippen LogP contribution in [0.4, 0.5) is 0 Å². The topological polar surface area (TPSA) is 108 Å². The van der Waals surface area contributed by atoms with E-state index in [-0.39, 0.29) is 36.0 Å². The zero-order chi connectivity index (χ0) is 20.5. The van der Waals surface area contributed by atoms with Crippen LogP contribution in [0, 0.1) is 19.8 Å². The van der Waals surface area contributed by atoms with Crippen LogP contribution in [-0.4, -0.2) is 32.1 Å². The van der Waals surface area contributed by atoms with E-state index in [1.165, 1.54) is 0 Å². The maximum absolute atomic E-state index is 12.8. The summed E-state index contributed by atoms with van der Waals surface area (Å²) >= 11 is 0. The first-order valence-corrected chi connectivity index (χ1v) is 9.79. The summed E-state index contributed by atoms with van der Waals surface area (Å²) in [4.78, 5) is 36.4. The molecule has 1 atom stereocenters. The summed E-state index contributed by atoms with van der Waals surface area (Å²) in [5.74, 6) is 0.413. The molecule has 1 amide bonds. The van der Waals surface area contributed by atoms with Gasteiger partial charge in [0.05, 0.1) is 24.1 Å². The number of aromatic nitrogens is 3. The molecule has 1 aromatic carbocycles. The Balaban J connectivity index is 1.59. The van der Waals surface area contributed by atoms with E-state index in [0.29, 0.717) is 29.9 Å². The van der Waals surface area contributed by atoms with Crippen LogP contribution in [0.2, 0.25) is 0 Å². The minimum Gasteiger partial charge on any atom is -0.393 e. The first-order valence-electron chi connectivity index (χ1n) is 9.79. The lowest BCUT2D eigenvalue weighted by atomic mass is 9.75. The Morgan fingerprint density at radius 2 is 2.07 bits per heavy atom. The van der Waals surface area contributed by atoms with Crippen LogP contribution in [0.15, 0.2) is 41.3 Å². The zero-order valence-corrected chi connectivity index (χ0v) is 16.5. The van der Waals surface area contributed by atoms with E-state index < -0.39 is 0 Å². The van der Waals surface area contributed by atoms with Crippen molar-refractivity contribution in [1.82, 2.24) is 20.3 Å². The Morgan fingerprint density at radius 1 is 1.31 bits per heavy atom. The molecule has 1 fully saturated rings. The molecule has 150 valence electrons. The molecule has 0 saturated heterocycles. The summed E-state index contributed by atoms with van der Waals surface area (Å²) in [7, 11) is 0. The molecule has 0 aliphatic heterocycles. The smallest absolute Gasteiger partial charge is 0.254 e. The van der Waals surface area contributed by atoms with Gasteiger partial charge in [-0.1, -0.05) is 18.2 Å². The van der Waals surface area contributed by atoms with Crippen molar-refractivity contribution in [2.45, 2.75) is 45.3 Å². The highest BCUT2D eigenvalue weighted by Crippen LogP contribution is 2.38. The van der Waals surface area contributed by atoms with Crippen molar-refractivity contribution < 1.29 is 9.90 Å². The molecule has 7 heteroatoms. The van der Waals surface area contributed by atoms with Crippen molar-refractivity contribution in [1.29, 1.82) is 0 Å². The second-order valence-corrected chi connectivity index (χ2v) is 7.78. The van der Waals surface area contributed by atoms with Gasteiger partial charge in [-0.15, -0.1) is 0 Å². The van der Waals surface area contributed by atoms with Crippen LogP contribution < -0.4 is 10.9 Å². The summed E-state index contributed by atoms with van der Waals surface area (Å²) in [5, 5.41) is 13.8. The number of pyridine rings is 1. The number of aliphatic hydroxyl groups is 1. The molecule has 0 radical (unpaired) electrons. The number of benzene rings is 1. The molecule has 0 spiro atoms. The number of aliphatic hydroxyl groups excluding tert-OH is 1. The van der Waals surface area contributed by atoms with Crippen molar-refractivity contribution in [3.05, 3.63) is 69.5 Å². The predicted molar refractivity (Wildman–Crippen MR) is 109 cm³/mol. The lowest BCUT2D eigenvalue weighted by molar-refractivity contribution is -0.122. The molecule has 2 heterocycles. The lowest BCUT2D eigenvalue weighted by Gasteiger charge is -2.38. The Morgan fingerprint density at radius 3 is 2.79 bits per heavy atom. The minimum absolute atomic E-state index is 0.0404. The molecular formula is C22H24N4O3. The van der Waals surface area contributed by atoms with Crippen molar-refractivity contribution in [2.75, 3.05) is 0 Å². The van der Waals surface area contributed by atoms with Gasteiger partial charge in [0.25, 0.3) is 5.56 Å². The number of carbonyl (C=O) groups is 1. The molecule has 29 heavy (non-hydrogen) atoms. The number of H-pyrrole nitrogens is 1. The van der Waals surface area contributed by atoms with E-state index in [2.05, 4.69) is 20.3 Å². The number of aryl methyl sites for hydroxylation is 2. The number of hydrogen-bond donors (Lipinski definition) is 3. The SMILES string of the molecule is Cc1nc(C)c(CC(=O)N[C@H](c2cnc3ccccc3c2)C2CC(O)C2)c(=O)[nH]1. The summed E-state index contributed by atoms with van der Waals surface area (Å²) in [6.07, 6.45) is 2.66. The number of rotatable bonds is 5. The second-order valence-electron chi connectivity index (χ2n) is 7.78. The van der Waals surface area contributed by atoms with Gasteiger partial charge in [0.2, 0.25) is 5.91 Å². The Labute approximate surface area is 168 Å².